The summed E-state index contributed by atoms with van der Waals surface area (Å²) in [7, 11) is -4.29. The second-order valence-electron chi connectivity index (χ2n) is 6.79. The minimum atomic E-state index is -4.29. The molecule has 0 amide bonds. The van der Waals surface area contributed by atoms with Gasteiger partial charge in [0.05, 0.1) is 11.5 Å². The fraction of sp³-hybridized carbons (Fsp3) is 0.381. The summed E-state index contributed by atoms with van der Waals surface area (Å²) in [6, 6.07) is 9.73. The lowest BCUT2D eigenvalue weighted by Gasteiger charge is -2.24. The maximum Gasteiger partial charge on any atom is 0.339 e. The number of carbonyl (C=O) groups is 1. The third-order valence-electron chi connectivity index (χ3n) is 4.38. The van der Waals surface area contributed by atoms with Crippen molar-refractivity contribution in [1.82, 2.24) is 0 Å². The molecule has 6 nitrogen and oxygen atoms in total. The van der Waals surface area contributed by atoms with Gasteiger partial charge >= 0.3 is 5.97 Å². The van der Waals surface area contributed by atoms with Crippen LogP contribution in [0.15, 0.2) is 41.3 Å². The first kappa shape index (κ1) is 22.1. The average Bonchev–Trinajstić information content (AvgIpc) is 2.59. The third kappa shape index (κ3) is 4.98. The number of aliphatic hydroxyl groups excluding tert-OH is 1. The molecule has 2 aromatic carbocycles. The zero-order chi connectivity index (χ0) is 21.1. The second-order valence-corrected chi connectivity index (χ2v) is 8.37. The SMILES string of the molecule is CCOC(=O)[C@H](OS(=O)(=O)c1ccc(C)cc1)[C@@H](O)c1c(C)cc(C)cc1C. The van der Waals surface area contributed by atoms with Gasteiger partial charge in [0.2, 0.25) is 6.10 Å². The van der Waals surface area contributed by atoms with Crippen molar-refractivity contribution in [3.63, 3.8) is 0 Å². The molecule has 28 heavy (non-hydrogen) atoms. The first-order valence-corrected chi connectivity index (χ1v) is 10.4. The minimum absolute atomic E-state index is 0.0296. The molecule has 0 radical (unpaired) electrons. The Hall–Kier alpha value is -2.22. The van der Waals surface area contributed by atoms with Gasteiger partial charge in [-0.3, -0.25) is 0 Å². The lowest BCUT2D eigenvalue weighted by molar-refractivity contribution is -0.157. The molecule has 0 saturated carbocycles. The largest absolute Gasteiger partial charge is 0.464 e. The fourth-order valence-electron chi connectivity index (χ4n) is 3.15. The smallest absolute Gasteiger partial charge is 0.339 e. The van der Waals surface area contributed by atoms with E-state index >= 15 is 0 Å². The summed E-state index contributed by atoms with van der Waals surface area (Å²) in [5, 5.41) is 10.9. The van der Waals surface area contributed by atoms with Crippen LogP contribution in [0, 0.1) is 27.7 Å². The fourth-order valence-corrected chi connectivity index (χ4v) is 4.19. The molecule has 2 aromatic rings. The molecule has 1 N–H and O–H groups in total. The van der Waals surface area contributed by atoms with E-state index in [0.717, 1.165) is 22.3 Å². The van der Waals surface area contributed by atoms with Gasteiger partial charge in [0.25, 0.3) is 10.1 Å². The molecule has 0 unspecified atom stereocenters. The van der Waals surface area contributed by atoms with E-state index in [4.69, 9.17) is 8.92 Å². The first-order valence-electron chi connectivity index (χ1n) is 8.99. The molecular formula is C21H26O6S. The number of rotatable bonds is 7. The zero-order valence-corrected chi connectivity index (χ0v) is 17.5. The molecule has 2 atom stereocenters. The molecule has 0 saturated heterocycles. The third-order valence-corrected chi connectivity index (χ3v) is 5.69. The maximum absolute atomic E-state index is 12.7. The van der Waals surface area contributed by atoms with Crippen LogP contribution in [0.5, 0.6) is 0 Å². The molecule has 152 valence electrons. The lowest BCUT2D eigenvalue weighted by atomic mass is 9.93. The van der Waals surface area contributed by atoms with Gasteiger partial charge in [0, 0.05) is 0 Å². The number of aliphatic hydroxyl groups is 1. The van der Waals surface area contributed by atoms with Crippen molar-refractivity contribution in [3.05, 3.63) is 64.2 Å². The van der Waals surface area contributed by atoms with Crippen molar-refractivity contribution in [2.45, 2.75) is 51.7 Å². The normalized spacial score (nSPS) is 13.8. The summed E-state index contributed by atoms with van der Waals surface area (Å²) in [4.78, 5) is 12.3. The Balaban J connectivity index is 2.45. The van der Waals surface area contributed by atoms with Gasteiger partial charge in [0.1, 0.15) is 6.10 Å². The number of ether oxygens (including phenoxy) is 1. The Bertz CT molecular complexity index is 924. The van der Waals surface area contributed by atoms with E-state index in [1.165, 1.54) is 12.1 Å². The van der Waals surface area contributed by atoms with Crippen molar-refractivity contribution >= 4 is 16.1 Å². The number of carbonyl (C=O) groups excluding carboxylic acids is 1. The van der Waals surface area contributed by atoms with Gasteiger partial charge in [0.15, 0.2) is 0 Å². The topological polar surface area (TPSA) is 89.9 Å². The minimum Gasteiger partial charge on any atom is -0.464 e. The monoisotopic (exact) mass is 406 g/mol. The Morgan fingerprint density at radius 3 is 2.04 bits per heavy atom. The van der Waals surface area contributed by atoms with Crippen LogP contribution in [0.2, 0.25) is 0 Å². The Labute approximate surface area is 166 Å². The standard InChI is InChI=1S/C21H26O6S/c1-6-26-21(23)20(19(22)18-15(4)11-14(3)12-16(18)5)27-28(24,25)17-9-7-13(2)8-10-17/h7-12,19-20,22H,6H2,1-5H3/t19-,20+/m0/s1. The van der Waals surface area contributed by atoms with E-state index in [9.17, 15) is 18.3 Å². The van der Waals surface area contributed by atoms with Crippen molar-refractivity contribution in [2.24, 2.45) is 0 Å². The Morgan fingerprint density at radius 1 is 1.00 bits per heavy atom. The Morgan fingerprint density at radius 2 is 1.54 bits per heavy atom. The van der Waals surface area contributed by atoms with E-state index in [1.807, 2.05) is 26.0 Å². The van der Waals surface area contributed by atoms with E-state index < -0.39 is 28.3 Å². The average molecular weight is 407 g/mol. The predicted octanol–water partition coefficient (Wildman–Crippen LogP) is 3.29. The van der Waals surface area contributed by atoms with Crippen molar-refractivity contribution in [1.29, 1.82) is 0 Å². The van der Waals surface area contributed by atoms with Crippen molar-refractivity contribution in [3.8, 4) is 0 Å². The van der Waals surface area contributed by atoms with E-state index in [1.54, 1.807) is 32.9 Å². The zero-order valence-electron chi connectivity index (χ0n) is 16.7. The van der Waals surface area contributed by atoms with E-state index in [2.05, 4.69) is 0 Å². The Kier molecular flexibility index (Phi) is 6.98. The molecule has 0 spiro atoms. The molecule has 0 heterocycles. The van der Waals surface area contributed by atoms with E-state index in [0.29, 0.717) is 5.56 Å². The molecule has 7 heteroatoms. The van der Waals surface area contributed by atoms with Crippen LogP contribution in [0.3, 0.4) is 0 Å². The highest BCUT2D eigenvalue weighted by molar-refractivity contribution is 7.86. The van der Waals surface area contributed by atoms with Crippen LogP contribution >= 0.6 is 0 Å². The van der Waals surface area contributed by atoms with Gasteiger partial charge in [-0.1, -0.05) is 35.4 Å². The van der Waals surface area contributed by atoms with Gasteiger partial charge in [-0.2, -0.15) is 8.42 Å². The van der Waals surface area contributed by atoms with Crippen LogP contribution in [-0.4, -0.2) is 32.2 Å². The van der Waals surface area contributed by atoms with Crippen LogP contribution in [0.4, 0.5) is 0 Å². The quantitative estimate of drug-likeness (QED) is 0.561. The predicted molar refractivity (Wildman–Crippen MR) is 105 cm³/mol. The number of hydrogen-bond donors (Lipinski definition) is 1. The van der Waals surface area contributed by atoms with Crippen LogP contribution in [-0.2, 0) is 23.8 Å². The number of esters is 1. The van der Waals surface area contributed by atoms with Crippen molar-refractivity contribution in [2.75, 3.05) is 6.61 Å². The van der Waals surface area contributed by atoms with Crippen molar-refractivity contribution < 1.29 is 27.2 Å². The highest BCUT2D eigenvalue weighted by Gasteiger charge is 2.37. The molecule has 0 bridgehead atoms. The maximum atomic E-state index is 12.7. The summed E-state index contributed by atoms with van der Waals surface area (Å²) in [5.74, 6) is -0.940. The summed E-state index contributed by atoms with van der Waals surface area (Å²) in [6.45, 7) is 8.94. The molecular weight excluding hydrogens is 380 g/mol. The summed E-state index contributed by atoms with van der Waals surface area (Å²) >= 11 is 0. The second kappa shape index (κ2) is 8.86. The molecule has 0 aliphatic carbocycles. The van der Waals surface area contributed by atoms with Gasteiger partial charge in [-0.15, -0.1) is 0 Å². The van der Waals surface area contributed by atoms with E-state index in [-0.39, 0.29) is 11.5 Å². The number of benzene rings is 2. The first-order chi connectivity index (χ1) is 13.1. The van der Waals surface area contributed by atoms with Crippen LogP contribution < -0.4 is 0 Å². The number of hydrogen-bond acceptors (Lipinski definition) is 6. The molecule has 0 aromatic heterocycles. The highest BCUT2D eigenvalue weighted by atomic mass is 32.2. The number of aryl methyl sites for hydroxylation is 4. The van der Waals surface area contributed by atoms with Gasteiger partial charge in [-0.05, 0) is 63.4 Å². The molecule has 0 aliphatic rings. The summed E-state index contributed by atoms with van der Waals surface area (Å²) < 4.78 is 35.5. The van der Waals surface area contributed by atoms with Crippen LogP contribution in [0.1, 0.15) is 40.8 Å². The van der Waals surface area contributed by atoms with Gasteiger partial charge in [-0.25, -0.2) is 8.98 Å². The lowest BCUT2D eigenvalue weighted by Crippen LogP contribution is -2.35. The molecule has 0 aliphatic heterocycles. The van der Waals surface area contributed by atoms with Gasteiger partial charge < -0.3 is 9.84 Å². The highest BCUT2D eigenvalue weighted by Crippen LogP contribution is 2.30. The van der Waals surface area contributed by atoms with Crippen LogP contribution in [0.25, 0.3) is 0 Å². The summed E-state index contributed by atoms with van der Waals surface area (Å²) in [6.07, 6.45) is -3.22. The summed E-state index contributed by atoms with van der Waals surface area (Å²) in [5.41, 5.74) is 3.78. The molecule has 2 rings (SSSR count). The molecule has 0 fully saturated rings.